The van der Waals surface area contributed by atoms with Gasteiger partial charge >= 0.3 is 6.18 Å². The van der Waals surface area contributed by atoms with E-state index in [2.05, 4.69) is 0 Å². The summed E-state index contributed by atoms with van der Waals surface area (Å²) in [5, 5.41) is 0.0104. The molecule has 1 nitrogen and oxygen atoms in total. The number of alkyl halides is 3. The lowest BCUT2D eigenvalue weighted by molar-refractivity contribution is -0.175. The van der Waals surface area contributed by atoms with Gasteiger partial charge in [-0.25, -0.2) is 4.39 Å². The van der Waals surface area contributed by atoms with Gasteiger partial charge in [0.25, 0.3) is 0 Å². The summed E-state index contributed by atoms with van der Waals surface area (Å²) < 4.78 is 51.3. The van der Waals surface area contributed by atoms with Gasteiger partial charge in [0.1, 0.15) is 5.82 Å². The molecule has 1 unspecified atom stereocenters. The third-order valence-electron chi connectivity index (χ3n) is 2.49. The lowest BCUT2D eigenvalue weighted by Crippen LogP contribution is -2.27. The Labute approximate surface area is 102 Å². The number of hydrogen-bond acceptors (Lipinski definition) is 1. The van der Waals surface area contributed by atoms with Crippen LogP contribution in [0.4, 0.5) is 17.6 Å². The highest BCUT2D eigenvalue weighted by Crippen LogP contribution is 2.33. The van der Waals surface area contributed by atoms with E-state index in [1.165, 1.54) is 12.1 Å². The molecule has 96 valence electrons. The second-order valence-corrected chi connectivity index (χ2v) is 4.13. The van der Waals surface area contributed by atoms with Crippen LogP contribution in [-0.4, -0.2) is 12.7 Å². The lowest BCUT2D eigenvalue weighted by Gasteiger charge is -2.20. The maximum atomic E-state index is 13.4. The van der Waals surface area contributed by atoms with Crippen molar-refractivity contribution in [1.29, 1.82) is 0 Å². The molecule has 1 atom stereocenters. The molecule has 0 aliphatic carbocycles. The summed E-state index contributed by atoms with van der Waals surface area (Å²) in [5.74, 6) is -2.38. The summed E-state index contributed by atoms with van der Waals surface area (Å²) >= 11 is 5.69. The standard InChI is InChI=1S/C11H12ClF4N/c12-9-2-1-3-10(13)8(9)6-7(4-5-17)11(14,15)16/h1-3,7H,4-6,17H2. The predicted octanol–water partition coefficient (Wildman–Crippen LogP) is 3.55. The van der Waals surface area contributed by atoms with Crippen LogP contribution >= 0.6 is 11.6 Å². The van der Waals surface area contributed by atoms with Crippen LogP contribution in [0.2, 0.25) is 5.02 Å². The highest BCUT2D eigenvalue weighted by Gasteiger charge is 2.39. The predicted molar refractivity (Wildman–Crippen MR) is 58.3 cm³/mol. The van der Waals surface area contributed by atoms with Crippen molar-refractivity contribution >= 4 is 11.6 Å². The summed E-state index contributed by atoms with van der Waals surface area (Å²) in [7, 11) is 0. The van der Waals surface area contributed by atoms with E-state index in [0.29, 0.717) is 0 Å². The lowest BCUT2D eigenvalue weighted by atomic mass is 9.95. The minimum absolute atomic E-state index is 0.0104. The third kappa shape index (κ3) is 3.85. The molecule has 6 heteroatoms. The number of benzene rings is 1. The van der Waals surface area contributed by atoms with Crippen molar-refractivity contribution in [2.75, 3.05) is 6.54 Å². The summed E-state index contributed by atoms with van der Waals surface area (Å²) in [6.45, 7) is -0.101. The Balaban J connectivity index is 2.94. The first-order valence-electron chi connectivity index (χ1n) is 5.06. The van der Waals surface area contributed by atoms with Crippen LogP contribution in [0.5, 0.6) is 0 Å². The van der Waals surface area contributed by atoms with Crippen molar-refractivity contribution in [3.63, 3.8) is 0 Å². The minimum atomic E-state index is -4.40. The van der Waals surface area contributed by atoms with E-state index in [0.717, 1.165) is 6.07 Å². The van der Waals surface area contributed by atoms with Gasteiger partial charge < -0.3 is 5.73 Å². The second-order valence-electron chi connectivity index (χ2n) is 3.72. The summed E-state index contributed by atoms with van der Waals surface area (Å²) in [6, 6.07) is 3.82. The maximum absolute atomic E-state index is 13.4. The Morgan fingerprint density at radius 2 is 1.94 bits per heavy atom. The molecule has 0 amide bonds. The van der Waals surface area contributed by atoms with Gasteiger partial charge in [-0.2, -0.15) is 13.2 Å². The number of rotatable bonds is 4. The van der Waals surface area contributed by atoms with E-state index in [9.17, 15) is 17.6 Å². The molecular formula is C11H12ClF4N. The third-order valence-corrected chi connectivity index (χ3v) is 2.84. The zero-order chi connectivity index (χ0) is 13.1. The molecule has 2 N–H and O–H groups in total. The first kappa shape index (κ1) is 14.3. The number of hydrogen-bond donors (Lipinski definition) is 1. The summed E-state index contributed by atoms with van der Waals surface area (Å²) in [4.78, 5) is 0. The quantitative estimate of drug-likeness (QED) is 0.831. The van der Waals surface area contributed by atoms with Crippen molar-refractivity contribution in [2.45, 2.75) is 19.0 Å². The topological polar surface area (TPSA) is 26.0 Å². The SMILES string of the molecule is NCCC(Cc1c(F)cccc1Cl)C(F)(F)F. The number of halogens is 5. The van der Waals surface area contributed by atoms with Crippen LogP contribution in [0, 0.1) is 11.7 Å². The molecule has 0 radical (unpaired) electrons. The van der Waals surface area contributed by atoms with Gasteiger partial charge in [-0.15, -0.1) is 0 Å². The molecule has 0 spiro atoms. The largest absolute Gasteiger partial charge is 0.392 e. The van der Waals surface area contributed by atoms with Crippen LogP contribution in [0.3, 0.4) is 0 Å². The van der Waals surface area contributed by atoms with Crippen molar-refractivity contribution in [2.24, 2.45) is 11.7 Å². The fraction of sp³-hybridized carbons (Fsp3) is 0.455. The van der Waals surface area contributed by atoms with Gasteiger partial charge in [0.2, 0.25) is 0 Å². The smallest absolute Gasteiger partial charge is 0.330 e. The van der Waals surface area contributed by atoms with Crippen molar-refractivity contribution in [1.82, 2.24) is 0 Å². The minimum Gasteiger partial charge on any atom is -0.330 e. The fourth-order valence-corrected chi connectivity index (χ4v) is 1.80. The molecule has 1 rings (SSSR count). The first-order chi connectivity index (χ1) is 7.86. The summed E-state index contributed by atoms with van der Waals surface area (Å²) in [5.41, 5.74) is 5.02. The molecule has 0 aromatic heterocycles. The van der Waals surface area contributed by atoms with Crippen LogP contribution in [0.1, 0.15) is 12.0 Å². The molecule has 0 aliphatic rings. The van der Waals surface area contributed by atoms with E-state index >= 15 is 0 Å². The molecule has 0 heterocycles. The normalized spacial score (nSPS) is 13.8. The van der Waals surface area contributed by atoms with E-state index in [1.54, 1.807) is 0 Å². The molecule has 0 bridgehead atoms. The summed E-state index contributed by atoms with van der Waals surface area (Å²) in [6.07, 6.45) is -5.12. The first-order valence-corrected chi connectivity index (χ1v) is 5.43. The maximum Gasteiger partial charge on any atom is 0.392 e. The zero-order valence-corrected chi connectivity index (χ0v) is 9.65. The van der Waals surface area contributed by atoms with Gasteiger partial charge in [0.15, 0.2) is 0 Å². The van der Waals surface area contributed by atoms with Crippen molar-refractivity contribution in [3.05, 3.63) is 34.6 Å². The van der Waals surface area contributed by atoms with Gasteiger partial charge in [0, 0.05) is 10.6 Å². The van der Waals surface area contributed by atoms with E-state index in [-0.39, 0.29) is 23.6 Å². The number of nitrogens with two attached hydrogens (primary N) is 1. The zero-order valence-electron chi connectivity index (χ0n) is 8.90. The van der Waals surface area contributed by atoms with Crippen molar-refractivity contribution < 1.29 is 17.6 Å². The van der Waals surface area contributed by atoms with Crippen molar-refractivity contribution in [3.8, 4) is 0 Å². The van der Waals surface area contributed by atoms with Crippen LogP contribution < -0.4 is 5.73 Å². The van der Waals surface area contributed by atoms with Gasteiger partial charge in [-0.05, 0) is 31.5 Å². The molecular weight excluding hydrogens is 258 g/mol. The van der Waals surface area contributed by atoms with Gasteiger partial charge in [0.05, 0.1) is 5.92 Å². The molecule has 17 heavy (non-hydrogen) atoms. The van der Waals surface area contributed by atoms with Crippen LogP contribution in [0.15, 0.2) is 18.2 Å². The molecule has 0 saturated carbocycles. The van der Waals surface area contributed by atoms with E-state index < -0.39 is 24.3 Å². The average Bonchev–Trinajstić information content (AvgIpc) is 2.20. The molecule has 0 fully saturated rings. The Kier molecular flexibility index (Phi) is 4.77. The van der Waals surface area contributed by atoms with Gasteiger partial charge in [-0.3, -0.25) is 0 Å². The highest BCUT2D eigenvalue weighted by molar-refractivity contribution is 6.31. The Bertz CT molecular complexity index is 358. The highest BCUT2D eigenvalue weighted by atomic mass is 35.5. The van der Waals surface area contributed by atoms with Crippen LogP contribution in [0.25, 0.3) is 0 Å². The average molecular weight is 270 g/mol. The Morgan fingerprint density at radius 1 is 1.29 bits per heavy atom. The fourth-order valence-electron chi connectivity index (χ4n) is 1.56. The molecule has 0 saturated heterocycles. The van der Waals surface area contributed by atoms with Crippen LogP contribution in [-0.2, 0) is 6.42 Å². The molecule has 0 aliphatic heterocycles. The van der Waals surface area contributed by atoms with E-state index in [1.807, 2.05) is 0 Å². The molecule has 1 aromatic rings. The Hall–Kier alpha value is -0.810. The van der Waals surface area contributed by atoms with E-state index in [4.69, 9.17) is 17.3 Å². The molecule has 1 aromatic carbocycles. The Morgan fingerprint density at radius 3 is 2.41 bits per heavy atom. The second kappa shape index (κ2) is 5.69. The monoisotopic (exact) mass is 269 g/mol. The van der Waals surface area contributed by atoms with Gasteiger partial charge in [-0.1, -0.05) is 17.7 Å².